The molecule has 0 saturated carbocycles. The minimum absolute atomic E-state index is 0.0521. The average molecular weight is 324 g/mol. The minimum Gasteiger partial charge on any atom is -0.432 e. The number of anilines is 1. The molecular weight excluding hydrogens is 314 g/mol. The van der Waals surface area contributed by atoms with Crippen LogP contribution < -0.4 is 10.1 Å². The Hall–Kier alpha value is -2.15. The van der Waals surface area contributed by atoms with Crippen molar-refractivity contribution in [1.29, 1.82) is 0 Å². The molecule has 7 heteroatoms. The summed E-state index contributed by atoms with van der Waals surface area (Å²) in [4.78, 5) is 14.5. The van der Waals surface area contributed by atoms with Gasteiger partial charge in [-0.2, -0.15) is 4.98 Å². The first kappa shape index (κ1) is 13.3. The Morgan fingerprint density at radius 3 is 2.68 bits per heavy atom. The van der Waals surface area contributed by atoms with Crippen molar-refractivity contribution in [2.75, 3.05) is 12.4 Å². The van der Waals surface area contributed by atoms with Crippen molar-refractivity contribution < 1.29 is 9.66 Å². The van der Waals surface area contributed by atoms with Gasteiger partial charge in [-0.25, -0.2) is 0 Å². The van der Waals surface area contributed by atoms with Crippen molar-refractivity contribution >= 4 is 27.4 Å². The third kappa shape index (κ3) is 3.00. The highest BCUT2D eigenvalue weighted by atomic mass is 79.9. The SMILES string of the molecule is CNc1ccc([N+](=O)[O-])c(Oc2ccccc2Br)n1. The normalized spacial score (nSPS) is 10.0. The first-order chi connectivity index (χ1) is 9.11. The van der Waals surface area contributed by atoms with Crippen LogP contribution in [0.1, 0.15) is 0 Å². The molecule has 98 valence electrons. The van der Waals surface area contributed by atoms with Gasteiger partial charge < -0.3 is 10.1 Å². The maximum atomic E-state index is 10.9. The molecule has 1 heterocycles. The summed E-state index contributed by atoms with van der Waals surface area (Å²) in [5.74, 6) is 0.905. The summed E-state index contributed by atoms with van der Waals surface area (Å²) in [5.41, 5.74) is -0.185. The second-order valence-corrected chi connectivity index (χ2v) is 4.41. The molecule has 0 fully saturated rings. The van der Waals surface area contributed by atoms with E-state index in [1.807, 2.05) is 6.07 Å². The van der Waals surface area contributed by atoms with E-state index in [9.17, 15) is 10.1 Å². The number of nitrogens with zero attached hydrogens (tertiary/aromatic N) is 2. The summed E-state index contributed by atoms with van der Waals surface area (Å²) >= 11 is 3.31. The highest BCUT2D eigenvalue weighted by molar-refractivity contribution is 9.10. The van der Waals surface area contributed by atoms with E-state index in [4.69, 9.17) is 4.74 Å². The Bertz CT molecular complexity index is 619. The van der Waals surface area contributed by atoms with Gasteiger partial charge in [0, 0.05) is 13.1 Å². The lowest BCUT2D eigenvalue weighted by Gasteiger charge is -2.08. The summed E-state index contributed by atoms with van der Waals surface area (Å²) < 4.78 is 6.20. The minimum atomic E-state index is -0.529. The lowest BCUT2D eigenvalue weighted by atomic mass is 10.3. The first-order valence-corrected chi connectivity index (χ1v) is 6.16. The zero-order chi connectivity index (χ0) is 13.8. The summed E-state index contributed by atoms with van der Waals surface area (Å²) in [6.07, 6.45) is 0. The molecule has 0 aliphatic rings. The number of benzene rings is 1. The van der Waals surface area contributed by atoms with Crippen LogP contribution in [0.3, 0.4) is 0 Å². The summed E-state index contributed by atoms with van der Waals surface area (Å²) in [7, 11) is 1.68. The topological polar surface area (TPSA) is 77.3 Å². The van der Waals surface area contributed by atoms with E-state index in [-0.39, 0.29) is 11.6 Å². The van der Waals surface area contributed by atoms with Crippen LogP contribution in [0.15, 0.2) is 40.9 Å². The fourth-order valence-corrected chi connectivity index (χ4v) is 1.78. The number of ether oxygens (including phenoxy) is 1. The predicted molar refractivity (Wildman–Crippen MR) is 74.7 cm³/mol. The van der Waals surface area contributed by atoms with Crippen LogP contribution in [0.4, 0.5) is 11.5 Å². The van der Waals surface area contributed by atoms with Gasteiger partial charge in [0.15, 0.2) is 0 Å². The Kier molecular flexibility index (Phi) is 3.96. The van der Waals surface area contributed by atoms with Gasteiger partial charge in [-0.1, -0.05) is 12.1 Å². The van der Waals surface area contributed by atoms with Gasteiger partial charge >= 0.3 is 11.6 Å². The molecule has 0 saturated heterocycles. The van der Waals surface area contributed by atoms with Crippen LogP contribution in [-0.2, 0) is 0 Å². The van der Waals surface area contributed by atoms with E-state index < -0.39 is 4.92 Å². The third-order valence-electron chi connectivity index (χ3n) is 2.34. The molecule has 2 rings (SSSR count). The zero-order valence-electron chi connectivity index (χ0n) is 9.96. The number of hydrogen-bond acceptors (Lipinski definition) is 5. The number of hydrogen-bond donors (Lipinski definition) is 1. The van der Waals surface area contributed by atoms with Crippen molar-refractivity contribution in [3.8, 4) is 11.6 Å². The molecule has 6 nitrogen and oxygen atoms in total. The molecule has 0 radical (unpaired) electrons. The number of rotatable bonds is 4. The molecule has 2 aromatic rings. The van der Waals surface area contributed by atoms with E-state index in [2.05, 4.69) is 26.2 Å². The quantitative estimate of drug-likeness (QED) is 0.687. The predicted octanol–water partition coefficient (Wildman–Crippen LogP) is 3.59. The van der Waals surface area contributed by atoms with E-state index in [0.29, 0.717) is 16.0 Å². The van der Waals surface area contributed by atoms with Crippen molar-refractivity contribution in [2.24, 2.45) is 0 Å². The zero-order valence-corrected chi connectivity index (χ0v) is 11.5. The van der Waals surface area contributed by atoms with Crippen LogP contribution in [0, 0.1) is 10.1 Å². The van der Waals surface area contributed by atoms with E-state index in [1.54, 1.807) is 25.2 Å². The molecule has 1 aromatic carbocycles. The highest BCUT2D eigenvalue weighted by Crippen LogP contribution is 2.34. The largest absolute Gasteiger partial charge is 0.432 e. The molecule has 0 atom stereocenters. The second-order valence-electron chi connectivity index (χ2n) is 3.56. The van der Waals surface area contributed by atoms with E-state index in [1.165, 1.54) is 12.1 Å². The summed E-state index contributed by atoms with van der Waals surface area (Å²) in [6, 6.07) is 9.94. The summed E-state index contributed by atoms with van der Waals surface area (Å²) in [5, 5.41) is 13.8. The van der Waals surface area contributed by atoms with Crippen molar-refractivity contribution in [2.45, 2.75) is 0 Å². The fraction of sp³-hybridized carbons (Fsp3) is 0.0833. The van der Waals surface area contributed by atoms with Crippen molar-refractivity contribution in [1.82, 2.24) is 4.98 Å². The third-order valence-corrected chi connectivity index (χ3v) is 2.99. The van der Waals surface area contributed by atoms with E-state index in [0.717, 1.165) is 0 Å². The number of aromatic nitrogens is 1. The van der Waals surface area contributed by atoms with Gasteiger partial charge in [-0.15, -0.1) is 0 Å². The molecule has 0 unspecified atom stereocenters. The first-order valence-electron chi connectivity index (χ1n) is 5.37. The number of nitrogens with one attached hydrogen (secondary N) is 1. The van der Waals surface area contributed by atoms with Gasteiger partial charge in [0.05, 0.1) is 9.40 Å². The molecular formula is C12H10BrN3O3. The van der Waals surface area contributed by atoms with Crippen LogP contribution >= 0.6 is 15.9 Å². The highest BCUT2D eigenvalue weighted by Gasteiger charge is 2.19. The van der Waals surface area contributed by atoms with Crippen molar-refractivity contribution in [3.63, 3.8) is 0 Å². The Morgan fingerprint density at radius 2 is 2.05 bits per heavy atom. The Morgan fingerprint density at radius 1 is 1.32 bits per heavy atom. The molecule has 1 N–H and O–H groups in total. The van der Waals surface area contributed by atoms with Gasteiger partial charge in [0.2, 0.25) is 0 Å². The number of halogens is 1. The number of nitro groups is 1. The summed E-state index contributed by atoms with van der Waals surface area (Å²) in [6.45, 7) is 0. The maximum Gasteiger partial charge on any atom is 0.331 e. The number of para-hydroxylation sites is 1. The van der Waals surface area contributed by atoms with Gasteiger partial charge in [0.25, 0.3) is 0 Å². The van der Waals surface area contributed by atoms with Crippen LogP contribution in [0.5, 0.6) is 11.6 Å². The standard InChI is InChI=1S/C12H10BrN3O3/c1-14-11-7-6-9(16(17)18)12(15-11)19-10-5-3-2-4-8(10)13/h2-7H,1H3,(H,14,15). The van der Waals surface area contributed by atoms with E-state index >= 15 is 0 Å². The molecule has 19 heavy (non-hydrogen) atoms. The van der Waals surface area contributed by atoms with Gasteiger partial charge in [-0.05, 0) is 34.1 Å². The van der Waals surface area contributed by atoms with Gasteiger partial charge in [0.1, 0.15) is 11.6 Å². The lowest BCUT2D eigenvalue weighted by Crippen LogP contribution is -1.99. The van der Waals surface area contributed by atoms with Gasteiger partial charge in [-0.3, -0.25) is 10.1 Å². The molecule has 0 aliphatic heterocycles. The molecule has 0 spiro atoms. The van der Waals surface area contributed by atoms with Crippen LogP contribution in [-0.4, -0.2) is 17.0 Å². The smallest absolute Gasteiger partial charge is 0.331 e. The molecule has 0 bridgehead atoms. The lowest BCUT2D eigenvalue weighted by molar-refractivity contribution is -0.386. The van der Waals surface area contributed by atoms with Crippen LogP contribution in [0.2, 0.25) is 0 Å². The molecule has 0 aliphatic carbocycles. The molecule has 1 aromatic heterocycles. The monoisotopic (exact) mass is 323 g/mol. The van der Waals surface area contributed by atoms with Crippen molar-refractivity contribution in [3.05, 3.63) is 51.0 Å². The fourth-order valence-electron chi connectivity index (χ4n) is 1.42. The number of pyridine rings is 1. The Labute approximate surface area is 117 Å². The van der Waals surface area contributed by atoms with Crippen LogP contribution in [0.25, 0.3) is 0 Å². The Balaban J connectivity index is 2.43. The molecule has 0 amide bonds. The second kappa shape index (κ2) is 5.66. The maximum absolute atomic E-state index is 10.9. The average Bonchev–Trinajstić information content (AvgIpc) is 2.41.